The van der Waals surface area contributed by atoms with Gasteiger partial charge in [0.2, 0.25) is 5.91 Å². The zero-order chi connectivity index (χ0) is 14.1. The van der Waals surface area contributed by atoms with E-state index >= 15 is 0 Å². The maximum atomic E-state index is 12.0. The normalized spacial score (nSPS) is 18.6. The number of hydrogen-bond acceptors (Lipinski definition) is 4. The van der Waals surface area contributed by atoms with Crippen molar-refractivity contribution in [1.29, 1.82) is 0 Å². The molecule has 0 spiro atoms. The lowest BCUT2D eigenvalue weighted by atomic mass is 10.1. The van der Waals surface area contributed by atoms with Crippen LogP contribution in [0, 0.1) is 5.92 Å². The minimum Gasteiger partial charge on any atom is -0.312 e. The van der Waals surface area contributed by atoms with Crippen molar-refractivity contribution in [3.8, 4) is 0 Å². The van der Waals surface area contributed by atoms with E-state index in [0.29, 0.717) is 24.0 Å². The van der Waals surface area contributed by atoms with Gasteiger partial charge in [-0.3, -0.25) is 4.79 Å². The summed E-state index contributed by atoms with van der Waals surface area (Å²) in [7, 11) is 0. The monoisotopic (exact) mass is 307 g/mol. The third-order valence-corrected chi connectivity index (χ3v) is 4.39. The van der Waals surface area contributed by atoms with Gasteiger partial charge in [-0.1, -0.05) is 16.7 Å². The number of benzene rings is 1. The summed E-state index contributed by atoms with van der Waals surface area (Å²) in [5, 5.41) is 3.55. The zero-order valence-electron chi connectivity index (χ0n) is 10.4. The van der Waals surface area contributed by atoms with E-state index in [0.717, 1.165) is 15.9 Å². The largest absolute Gasteiger partial charge is 0.312 e. The first-order chi connectivity index (χ1) is 9.67. The van der Waals surface area contributed by atoms with Gasteiger partial charge in [0.1, 0.15) is 0 Å². The predicted octanol–water partition coefficient (Wildman–Crippen LogP) is 3.61. The number of aromatic nitrogens is 1. The molecule has 102 valence electrons. The molecule has 1 aromatic heterocycles. The SMILES string of the molecule is [N-]=[N+]=NCC1CC(=O)N(c2ccc3nc(Cl)sc3c2)C1. The fourth-order valence-corrected chi connectivity index (χ4v) is 3.42. The Morgan fingerprint density at radius 1 is 1.60 bits per heavy atom. The lowest BCUT2D eigenvalue weighted by Gasteiger charge is -2.16. The van der Waals surface area contributed by atoms with Gasteiger partial charge in [0.25, 0.3) is 0 Å². The van der Waals surface area contributed by atoms with Crippen molar-refractivity contribution >= 4 is 44.7 Å². The minimum absolute atomic E-state index is 0.0538. The van der Waals surface area contributed by atoms with Gasteiger partial charge in [-0.25, -0.2) is 4.98 Å². The Morgan fingerprint density at radius 2 is 2.45 bits per heavy atom. The Hall–Kier alpha value is -1.82. The maximum absolute atomic E-state index is 12.0. The second-order valence-corrected chi connectivity index (χ2v) is 6.22. The van der Waals surface area contributed by atoms with Crippen LogP contribution in [0.5, 0.6) is 0 Å². The number of anilines is 1. The first-order valence-electron chi connectivity index (χ1n) is 6.04. The van der Waals surface area contributed by atoms with Crippen LogP contribution in [0.15, 0.2) is 23.3 Å². The standard InChI is InChI=1S/C12H10ClN5OS/c13-12-16-9-2-1-8(4-10(9)20-12)18-6-7(3-11(18)19)5-15-17-14/h1-2,4,7H,3,5-6H2. The number of amides is 1. The molecule has 20 heavy (non-hydrogen) atoms. The van der Waals surface area contributed by atoms with E-state index in [2.05, 4.69) is 15.0 Å². The Balaban J connectivity index is 1.86. The third kappa shape index (κ3) is 2.43. The first kappa shape index (κ1) is 13.2. The second-order valence-electron chi connectivity index (χ2n) is 4.61. The van der Waals surface area contributed by atoms with E-state index in [-0.39, 0.29) is 11.8 Å². The molecule has 6 nitrogen and oxygen atoms in total. The van der Waals surface area contributed by atoms with Crippen molar-refractivity contribution in [1.82, 2.24) is 4.98 Å². The quantitative estimate of drug-likeness (QED) is 0.493. The van der Waals surface area contributed by atoms with Crippen molar-refractivity contribution in [2.45, 2.75) is 6.42 Å². The van der Waals surface area contributed by atoms with E-state index in [4.69, 9.17) is 17.1 Å². The average molecular weight is 308 g/mol. The summed E-state index contributed by atoms with van der Waals surface area (Å²) in [5.74, 6) is 0.136. The fraction of sp³-hybridized carbons (Fsp3) is 0.333. The summed E-state index contributed by atoms with van der Waals surface area (Å²) in [6.07, 6.45) is 0.417. The van der Waals surface area contributed by atoms with Crippen molar-refractivity contribution in [3.63, 3.8) is 0 Å². The highest BCUT2D eigenvalue weighted by atomic mass is 35.5. The number of rotatable bonds is 3. The summed E-state index contributed by atoms with van der Waals surface area (Å²) < 4.78 is 1.45. The molecule has 1 atom stereocenters. The summed E-state index contributed by atoms with van der Waals surface area (Å²) >= 11 is 7.28. The Morgan fingerprint density at radius 3 is 3.25 bits per heavy atom. The van der Waals surface area contributed by atoms with Crippen LogP contribution < -0.4 is 4.90 Å². The third-order valence-electron chi connectivity index (χ3n) is 3.27. The van der Waals surface area contributed by atoms with Crippen molar-refractivity contribution in [2.75, 3.05) is 18.0 Å². The van der Waals surface area contributed by atoms with Crippen LogP contribution in [0.1, 0.15) is 6.42 Å². The van der Waals surface area contributed by atoms with Gasteiger partial charge in [0, 0.05) is 30.1 Å². The lowest BCUT2D eigenvalue weighted by molar-refractivity contribution is -0.117. The number of fused-ring (bicyclic) bond motifs is 1. The molecular weight excluding hydrogens is 298 g/mol. The molecule has 1 aromatic carbocycles. The zero-order valence-corrected chi connectivity index (χ0v) is 11.9. The first-order valence-corrected chi connectivity index (χ1v) is 7.24. The molecule has 0 saturated carbocycles. The number of thiazole rings is 1. The van der Waals surface area contributed by atoms with Gasteiger partial charge < -0.3 is 4.90 Å². The molecule has 0 aliphatic carbocycles. The van der Waals surface area contributed by atoms with Crippen LogP contribution in [-0.4, -0.2) is 24.0 Å². The Kier molecular flexibility index (Phi) is 3.48. The topological polar surface area (TPSA) is 82.0 Å². The molecule has 0 bridgehead atoms. The smallest absolute Gasteiger partial charge is 0.227 e. The van der Waals surface area contributed by atoms with E-state index in [9.17, 15) is 4.79 Å². The van der Waals surface area contributed by atoms with Crippen LogP contribution in [0.25, 0.3) is 20.7 Å². The summed E-state index contributed by atoms with van der Waals surface area (Å²) in [6.45, 7) is 0.934. The fourth-order valence-electron chi connectivity index (χ4n) is 2.36. The molecule has 1 fully saturated rings. The molecule has 1 aliphatic heterocycles. The summed E-state index contributed by atoms with van der Waals surface area (Å²) in [5.41, 5.74) is 10.0. The summed E-state index contributed by atoms with van der Waals surface area (Å²) in [4.78, 5) is 20.7. The summed E-state index contributed by atoms with van der Waals surface area (Å²) in [6, 6.07) is 5.65. The average Bonchev–Trinajstić information content (AvgIpc) is 2.97. The van der Waals surface area contributed by atoms with Crippen molar-refractivity contribution in [2.24, 2.45) is 11.0 Å². The molecule has 1 aliphatic rings. The highest BCUT2D eigenvalue weighted by Crippen LogP contribution is 2.32. The van der Waals surface area contributed by atoms with Crippen LogP contribution in [-0.2, 0) is 4.79 Å². The minimum atomic E-state index is 0.0538. The number of azide groups is 1. The molecule has 3 rings (SSSR count). The van der Waals surface area contributed by atoms with Gasteiger partial charge in [-0.15, -0.1) is 11.3 Å². The molecule has 1 amide bonds. The predicted molar refractivity (Wildman–Crippen MR) is 79.1 cm³/mol. The van der Waals surface area contributed by atoms with Gasteiger partial charge in [0.05, 0.1) is 10.2 Å². The van der Waals surface area contributed by atoms with Gasteiger partial charge in [-0.2, -0.15) is 0 Å². The molecule has 8 heteroatoms. The molecular formula is C12H10ClN5OS. The molecule has 1 saturated heterocycles. The number of nitrogens with zero attached hydrogens (tertiary/aromatic N) is 5. The van der Waals surface area contributed by atoms with Gasteiger partial charge in [-0.05, 0) is 29.6 Å². The van der Waals surface area contributed by atoms with Gasteiger partial charge in [0.15, 0.2) is 4.47 Å². The Labute approximate surface area is 123 Å². The van der Waals surface area contributed by atoms with Crippen molar-refractivity contribution in [3.05, 3.63) is 33.1 Å². The maximum Gasteiger partial charge on any atom is 0.227 e. The van der Waals surface area contributed by atoms with E-state index in [1.54, 1.807) is 4.90 Å². The number of halogens is 1. The number of carbonyl (C=O) groups is 1. The van der Waals surface area contributed by atoms with E-state index in [1.165, 1.54) is 11.3 Å². The molecule has 1 unspecified atom stereocenters. The molecule has 2 heterocycles. The number of carbonyl (C=O) groups excluding carboxylic acids is 1. The van der Waals surface area contributed by atoms with Crippen LogP contribution in [0.2, 0.25) is 4.47 Å². The van der Waals surface area contributed by atoms with Gasteiger partial charge >= 0.3 is 0 Å². The van der Waals surface area contributed by atoms with E-state index < -0.39 is 0 Å². The molecule has 0 radical (unpaired) electrons. The van der Waals surface area contributed by atoms with Crippen LogP contribution in [0.4, 0.5) is 5.69 Å². The van der Waals surface area contributed by atoms with Crippen molar-refractivity contribution < 1.29 is 4.79 Å². The van der Waals surface area contributed by atoms with Crippen LogP contribution >= 0.6 is 22.9 Å². The molecule has 0 N–H and O–H groups in total. The highest BCUT2D eigenvalue weighted by molar-refractivity contribution is 7.22. The Bertz CT molecular complexity index is 724. The molecule has 2 aromatic rings. The number of hydrogen-bond donors (Lipinski definition) is 0. The second kappa shape index (κ2) is 5.28. The van der Waals surface area contributed by atoms with E-state index in [1.807, 2.05) is 18.2 Å². The van der Waals surface area contributed by atoms with Crippen LogP contribution in [0.3, 0.4) is 0 Å². The lowest BCUT2D eigenvalue weighted by Crippen LogP contribution is -2.24. The highest BCUT2D eigenvalue weighted by Gasteiger charge is 2.30.